The number of ether oxygens (including phenoxy) is 1. The van der Waals surface area contributed by atoms with Gasteiger partial charge in [-0.2, -0.15) is 0 Å². The molecule has 0 bridgehead atoms. The number of nitrogens with zero attached hydrogens (tertiary/aromatic N) is 1. The van der Waals surface area contributed by atoms with E-state index in [-0.39, 0.29) is 12.7 Å². The molecule has 4 nitrogen and oxygen atoms in total. The van der Waals surface area contributed by atoms with Gasteiger partial charge in [-0.05, 0) is 6.42 Å². The van der Waals surface area contributed by atoms with Crippen molar-refractivity contribution < 1.29 is 14.3 Å². The highest BCUT2D eigenvalue weighted by molar-refractivity contribution is 5.69. The second-order valence-corrected chi connectivity index (χ2v) is 3.67. The summed E-state index contributed by atoms with van der Waals surface area (Å²) < 4.78 is 4.86. The summed E-state index contributed by atoms with van der Waals surface area (Å²) in [6.45, 7) is 2.21. The third-order valence-electron chi connectivity index (χ3n) is 2.09. The molecule has 88 valence electrons. The molecule has 0 atom stereocenters. The van der Waals surface area contributed by atoms with Crippen LogP contribution in [0.4, 0.5) is 0 Å². The molecular formula is C11H21NO3. The van der Waals surface area contributed by atoms with Crippen molar-refractivity contribution in [2.75, 3.05) is 13.8 Å². The zero-order valence-corrected chi connectivity index (χ0v) is 9.70. The molecule has 0 radical (unpaired) electrons. The smallest absolute Gasteiger partial charge is 0.307 e. The van der Waals surface area contributed by atoms with Crippen molar-refractivity contribution in [3.8, 4) is 0 Å². The summed E-state index contributed by atoms with van der Waals surface area (Å²) in [6, 6.07) is 0. The highest BCUT2D eigenvalue weighted by Gasteiger charge is 2.03. The lowest BCUT2D eigenvalue weighted by Gasteiger charge is -2.10. The van der Waals surface area contributed by atoms with Gasteiger partial charge in [0.25, 0.3) is 0 Å². The van der Waals surface area contributed by atoms with Crippen LogP contribution in [-0.2, 0) is 14.3 Å². The van der Waals surface area contributed by atoms with E-state index in [1.54, 1.807) is 7.05 Å². The topological polar surface area (TPSA) is 46.6 Å². The highest BCUT2D eigenvalue weighted by atomic mass is 16.5. The zero-order chi connectivity index (χ0) is 11.5. The maximum absolute atomic E-state index is 11.1. The summed E-state index contributed by atoms with van der Waals surface area (Å²) in [7, 11) is 1.57. The molecule has 0 heterocycles. The fourth-order valence-corrected chi connectivity index (χ4v) is 1.15. The van der Waals surface area contributed by atoms with Crippen LogP contribution in [0, 0.1) is 0 Å². The number of esters is 1. The Labute approximate surface area is 91.6 Å². The minimum Gasteiger partial charge on any atom is -0.444 e. The van der Waals surface area contributed by atoms with Crippen LogP contribution >= 0.6 is 0 Å². The number of carbonyl (C=O) groups is 2. The number of amides is 1. The fraction of sp³-hybridized carbons (Fsp3) is 0.818. The molecule has 0 aromatic rings. The van der Waals surface area contributed by atoms with Gasteiger partial charge in [-0.3, -0.25) is 9.59 Å². The van der Waals surface area contributed by atoms with E-state index in [1.165, 1.54) is 24.2 Å². The third-order valence-corrected chi connectivity index (χ3v) is 2.09. The van der Waals surface area contributed by atoms with E-state index in [0.717, 1.165) is 12.8 Å². The second kappa shape index (κ2) is 9.49. The molecule has 0 aliphatic rings. The molecule has 0 aliphatic heterocycles. The van der Waals surface area contributed by atoms with Crippen LogP contribution in [0.3, 0.4) is 0 Å². The normalized spacial score (nSPS) is 9.73. The Bertz CT molecular complexity index is 183. The fourth-order valence-electron chi connectivity index (χ4n) is 1.15. The molecule has 0 unspecified atom stereocenters. The first-order chi connectivity index (χ1) is 7.20. The van der Waals surface area contributed by atoms with Crippen LogP contribution < -0.4 is 0 Å². The summed E-state index contributed by atoms with van der Waals surface area (Å²) in [5.41, 5.74) is 0. The van der Waals surface area contributed by atoms with E-state index in [9.17, 15) is 9.59 Å². The Kier molecular flexibility index (Phi) is 8.82. The molecule has 4 heteroatoms. The van der Waals surface area contributed by atoms with Gasteiger partial charge in [-0.1, -0.05) is 32.6 Å². The zero-order valence-electron chi connectivity index (χ0n) is 9.70. The predicted molar refractivity (Wildman–Crippen MR) is 58.2 cm³/mol. The Morgan fingerprint density at radius 3 is 2.53 bits per heavy atom. The van der Waals surface area contributed by atoms with Crippen LogP contribution in [0.2, 0.25) is 0 Å². The van der Waals surface area contributed by atoms with Crippen molar-refractivity contribution in [3.05, 3.63) is 0 Å². The van der Waals surface area contributed by atoms with Crippen molar-refractivity contribution in [2.24, 2.45) is 0 Å². The van der Waals surface area contributed by atoms with Gasteiger partial charge in [0.1, 0.15) is 0 Å². The molecule has 0 aromatic heterocycles. The average molecular weight is 215 g/mol. The van der Waals surface area contributed by atoms with Gasteiger partial charge in [0.05, 0.1) is 0 Å². The monoisotopic (exact) mass is 215 g/mol. The molecule has 15 heavy (non-hydrogen) atoms. The van der Waals surface area contributed by atoms with Crippen molar-refractivity contribution in [2.45, 2.75) is 45.4 Å². The molecule has 0 spiro atoms. The Morgan fingerprint density at radius 2 is 1.93 bits per heavy atom. The minimum absolute atomic E-state index is 0.0529. The van der Waals surface area contributed by atoms with Gasteiger partial charge >= 0.3 is 5.97 Å². The summed E-state index contributed by atoms with van der Waals surface area (Å²) in [5, 5.41) is 0. The van der Waals surface area contributed by atoms with Crippen molar-refractivity contribution in [1.82, 2.24) is 4.90 Å². The molecule has 0 rings (SSSR count). The first-order valence-electron chi connectivity index (χ1n) is 5.51. The molecule has 0 saturated heterocycles. The Morgan fingerprint density at radius 1 is 1.27 bits per heavy atom. The van der Waals surface area contributed by atoms with E-state index in [4.69, 9.17) is 4.74 Å². The Balaban J connectivity index is 3.29. The van der Waals surface area contributed by atoms with Gasteiger partial charge in [-0.15, -0.1) is 0 Å². The first kappa shape index (κ1) is 13.9. The minimum atomic E-state index is -0.222. The lowest BCUT2D eigenvalue weighted by Crippen LogP contribution is -2.22. The SMILES string of the molecule is CCCCCCCC(=O)OCN(C)C=O. The van der Waals surface area contributed by atoms with Crippen molar-refractivity contribution >= 4 is 12.4 Å². The number of unbranched alkanes of at least 4 members (excludes halogenated alkanes) is 4. The average Bonchev–Trinajstić information content (AvgIpc) is 2.25. The first-order valence-corrected chi connectivity index (χ1v) is 5.51. The van der Waals surface area contributed by atoms with Crippen LogP contribution in [0.15, 0.2) is 0 Å². The van der Waals surface area contributed by atoms with Gasteiger partial charge < -0.3 is 9.64 Å². The van der Waals surface area contributed by atoms with E-state index < -0.39 is 0 Å². The largest absolute Gasteiger partial charge is 0.444 e. The molecule has 0 aromatic carbocycles. The number of hydrogen-bond acceptors (Lipinski definition) is 3. The standard InChI is InChI=1S/C11H21NO3/c1-3-4-5-6-7-8-11(14)15-10-12(2)9-13/h9H,3-8,10H2,1-2H3. The predicted octanol–water partition coefficient (Wildman–Crippen LogP) is 1.94. The second-order valence-electron chi connectivity index (χ2n) is 3.67. The molecular weight excluding hydrogens is 194 g/mol. The van der Waals surface area contributed by atoms with E-state index >= 15 is 0 Å². The number of hydrogen-bond donors (Lipinski definition) is 0. The highest BCUT2D eigenvalue weighted by Crippen LogP contribution is 2.05. The van der Waals surface area contributed by atoms with Gasteiger partial charge in [0.2, 0.25) is 6.41 Å². The summed E-state index contributed by atoms with van der Waals surface area (Å²) in [6.07, 6.45) is 6.65. The van der Waals surface area contributed by atoms with Crippen LogP contribution in [0.5, 0.6) is 0 Å². The van der Waals surface area contributed by atoms with Crippen molar-refractivity contribution in [1.29, 1.82) is 0 Å². The molecule has 0 fully saturated rings. The van der Waals surface area contributed by atoms with Gasteiger partial charge in [-0.25, -0.2) is 0 Å². The van der Waals surface area contributed by atoms with Crippen molar-refractivity contribution in [3.63, 3.8) is 0 Å². The summed E-state index contributed by atoms with van der Waals surface area (Å²) in [5.74, 6) is -0.222. The summed E-state index contributed by atoms with van der Waals surface area (Å²) >= 11 is 0. The quantitative estimate of drug-likeness (QED) is 0.255. The van der Waals surface area contributed by atoms with Crippen LogP contribution in [0.1, 0.15) is 45.4 Å². The third kappa shape index (κ3) is 9.25. The van der Waals surface area contributed by atoms with Gasteiger partial charge in [0, 0.05) is 13.5 Å². The van der Waals surface area contributed by atoms with Crippen LogP contribution in [-0.4, -0.2) is 31.1 Å². The van der Waals surface area contributed by atoms with E-state index in [2.05, 4.69) is 6.92 Å². The van der Waals surface area contributed by atoms with E-state index in [1.807, 2.05) is 0 Å². The molecule has 0 saturated carbocycles. The molecule has 0 N–H and O–H groups in total. The maximum Gasteiger partial charge on any atom is 0.307 e. The Hall–Kier alpha value is -1.06. The lowest BCUT2D eigenvalue weighted by atomic mass is 10.1. The van der Waals surface area contributed by atoms with E-state index in [0.29, 0.717) is 12.8 Å². The number of carbonyl (C=O) groups excluding carboxylic acids is 2. The van der Waals surface area contributed by atoms with Gasteiger partial charge in [0.15, 0.2) is 6.73 Å². The summed E-state index contributed by atoms with van der Waals surface area (Å²) in [4.78, 5) is 22.6. The lowest BCUT2D eigenvalue weighted by molar-refractivity contribution is -0.149. The molecule has 0 aliphatic carbocycles. The van der Waals surface area contributed by atoms with Crippen LogP contribution in [0.25, 0.3) is 0 Å². The number of rotatable bonds is 9. The maximum atomic E-state index is 11.1. The molecule has 1 amide bonds.